The van der Waals surface area contributed by atoms with E-state index in [-0.39, 0.29) is 18.9 Å². The third-order valence-electron chi connectivity index (χ3n) is 5.33. The Morgan fingerprint density at radius 3 is 0.556 bits per heavy atom. The van der Waals surface area contributed by atoms with Gasteiger partial charge in [0.1, 0.15) is 0 Å². The fourth-order valence-corrected chi connectivity index (χ4v) is 5.29. The van der Waals surface area contributed by atoms with E-state index >= 15 is 0 Å². The number of rotatable bonds is 0. The molecule has 6 fully saturated rings. The molecule has 9 heavy (non-hydrogen) atoms. The molecule has 6 aliphatic carbocycles. The van der Waals surface area contributed by atoms with Gasteiger partial charge in [0.25, 0.3) is 0 Å². The topological polar surface area (TPSA) is 0 Å². The zero-order chi connectivity index (χ0) is 4.62. The largest absolute Gasteiger partial charge is 0.0312 e. The van der Waals surface area contributed by atoms with Crippen LogP contribution in [-0.4, -0.2) is 18.9 Å². The van der Waals surface area contributed by atoms with Crippen LogP contribution in [0.1, 0.15) is 0 Å². The Morgan fingerprint density at radius 1 is 0.333 bits per heavy atom. The molecule has 0 N–H and O–H groups in total. The van der Waals surface area contributed by atoms with Gasteiger partial charge in [-0.25, -0.2) is 0 Å². The van der Waals surface area contributed by atoms with Crippen molar-refractivity contribution in [3.63, 3.8) is 0 Å². The third-order valence-corrected chi connectivity index (χ3v) is 5.33. The maximum atomic E-state index is 1.33. The Bertz CT molecular complexity index is 115. The van der Waals surface area contributed by atoms with Gasteiger partial charge in [0.2, 0.25) is 0 Å². The van der Waals surface area contributed by atoms with Crippen LogP contribution in [0.15, 0.2) is 0 Å². The number of hydrogen-bond acceptors (Lipinski definition) is 0. The van der Waals surface area contributed by atoms with Gasteiger partial charge in [-0.3, -0.25) is 0 Å². The van der Waals surface area contributed by atoms with E-state index in [4.69, 9.17) is 0 Å². The van der Waals surface area contributed by atoms with Crippen LogP contribution in [0.4, 0.5) is 0 Å². The van der Waals surface area contributed by atoms with Crippen LogP contribution in [-0.2, 0) is 0 Å². The van der Waals surface area contributed by atoms with Crippen molar-refractivity contribution >= 4 is 18.9 Å². The Hall–Kier alpha value is 0.597. The second kappa shape index (κ2) is 0.820. The smallest absolute Gasteiger partial charge is 0 e. The van der Waals surface area contributed by atoms with Gasteiger partial charge in [-0.15, -0.1) is 0 Å². The molecule has 0 aromatic rings. The van der Waals surface area contributed by atoms with Gasteiger partial charge in [0, 0.05) is 18.9 Å². The Morgan fingerprint density at radius 2 is 0.444 bits per heavy atom. The fourth-order valence-electron chi connectivity index (χ4n) is 5.29. The SMILES string of the molecule is C12C3C4C1C1C2C3C41.[Li]. The van der Waals surface area contributed by atoms with Gasteiger partial charge in [0.05, 0.1) is 0 Å². The second-order valence-corrected chi connectivity index (χ2v) is 4.62. The molecule has 0 aromatic heterocycles. The molecule has 6 saturated carbocycles. The van der Waals surface area contributed by atoms with Crippen LogP contribution < -0.4 is 0 Å². The van der Waals surface area contributed by atoms with Gasteiger partial charge < -0.3 is 0 Å². The minimum Gasteiger partial charge on any atom is -0.0312 e. The van der Waals surface area contributed by atoms with Crippen molar-refractivity contribution in [3.8, 4) is 0 Å². The number of hydrogen-bond donors (Lipinski definition) is 0. The van der Waals surface area contributed by atoms with Crippen LogP contribution in [0.3, 0.4) is 0 Å². The first-order valence-electron chi connectivity index (χ1n) is 4.00. The summed E-state index contributed by atoms with van der Waals surface area (Å²) in [7, 11) is 0. The Labute approximate surface area is 66.6 Å². The molecule has 6 rings (SSSR count). The molecule has 0 nitrogen and oxygen atoms in total. The van der Waals surface area contributed by atoms with E-state index in [2.05, 4.69) is 0 Å². The van der Waals surface area contributed by atoms with Gasteiger partial charge in [-0.2, -0.15) is 0 Å². The first-order chi connectivity index (χ1) is 4.00. The Balaban J connectivity index is 0.000000288. The molecular formula is C8H8Li. The summed E-state index contributed by atoms with van der Waals surface area (Å²) in [6, 6.07) is 0. The Kier molecular flexibility index (Phi) is 0.407. The summed E-state index contributed by atoms with van der Waals surface area (Å²) >= 11 is 0. The molecule has 0 aromatic carbocycles. The fraction of sp³-hybridized carbons (Fsp3) is 1.00. The maximum absolute atomic E-state index is 1.33. The average Bonchev–Trinajstić information content (AvgIpc) is 1.90. The van der Waals surface area contributed by atoms with Crippen LogP contribution in [0.25, 0.3) is 0 Å². The second-order valence-electron chi connectivity index (χ2n) is 4.62. The standard InChI is InChI=1S/C8H8.Li/c1-2-5-3(1)7-4(1)6(2)8(5)7;/h1-8H;. The molecule has 0 unspecified atom stereocenters. The molecule has 41 valence electrons. The van der Waals surface area contributed by atoms with Crippen molar-refractivity contribution in [2.45, 2.75) is 0 Å². The molecule has 0 saturated heterocycles. The van der Waals surface area contributed by atoms with E-state index in [1.54, 1.807) is 0 Å². The van der Waals surface area contributed by atoms with Gasteiger partial charge >= 0.3 is 0 Å². The van der Waals surface area contributed by atoms with Crippen molar-refractivity contribution in [2.24, 2.45) is 47.3 Å². The molecular weight excluding hydrogens is 103 g/mol. The van der Waals surface area contributed by atoms with Crippen LogP contribution in [0.2, 0.25) is 0 Å². The summed E-state index contributed by atoms with van der Waals surface area (Å²) in [6.45, 7) is 0. The van der Waals surface area contributed by atoms with Gasteiger partial charge in [0.15, 0.2) is 0 Å². The molecule has 6 aliphatic rings. The first-order valence-corrected chi connectivity index (χ1v) is 4.00. The van der Waals surface area contributed by atoms with Crippen molar-refractivity contribution in [2.75, 3.05) is 0 Å². The summed E-state index contributed by atoms with van der Waals surface area (Å²) in [5.41, 5.74) is 0. The molecule has 0 amide bonds. The van der Waals surface area contributed by atoms with E-state index in [0.717, 1.165) is 0 Å². The molecule has 1 radical (unpaired) electrons. The normalized spacial score (nSPS) is 96.0. The monoisotopic (exact) mass is 111 g/mol. The quantitative estimate of drug-likeness (QED) is 0.401. The zero-order valence-corrected chi connectivity index (χ0v) is 5.62. The van der Waals surface area contributed by atoms with Crippen LogP contribution in [0.5, 0.6) is 0 Å². The van der Waals surface area contributed by atoms with E-state index in [0.29, 0.717) is 0 Å². The predicted molar refractivity (Wildman–Crippen MR) is 33.7 cm³/mol. The maximum Gasteiger partial charge on any atom is 0 e. The first kappa shape index (κ1) is 4.47. The molecule has 1 heteroatoms. The summed E-state index contributed by atoms with van der Waals surface area (Å²) in [6.07, 6.45) is 0. The predicted octanol–water partition coefficient (Wildman–Crippen LogP) is 0.603. The third kappa shape index (κ3) is 0.158. The van der Waals surface area contributed by atoms with Crippen molar-refractivity contribution in [1.82, 2.24) is 0 Å². The molecule has 0 aliphatic heterocycles. The summed E-state index contributed by atoms with van der Waals surface area (Å²) in [5, 5.41) is 0. The van der Waals surface area contributed by atoms with E-state index in [1.165, 1.54) is 47.3 Å². The van der Waals surface area contributed by atoms with Gasteiger partial charge in [-0.05, 0) is 47.3 Å². The molecule has 0 spiro atoms. The van der Waals surface area contributed by atoms with E-state index in [9.17, 15) is 0 Å². The molecule has 0 bridgehead atoms. The summed E-state index contributed by atoms with van der Waals surface area (Å²) in [5.74, 6) is 10.7. The zero-order valence-electron chi connectivity index (χ0n) is 5.62. The average molecular weight is 111 g/mol. The van der Waals surface area contributed by atoms with Crippen molar-refractivity contribution in [1.29, 1.82) is 0 Å². The van der Waals surface area contributed by atoms with Crippen LogP contribution >= 0.6 is 0 Å². The minimum absolute atomic E-state index is 0. The van der Waals surface area contributed by atoms with Crippen LogP contribution in [0, 0.1) is 47.3 Å². The van der Waals surface area contributed by atoms with Crippen molar-refractivity contribution in [3.05, 3.63) is 0 Å². The van der Waals surface area contributed by atoms with E-state index in [1.807, 2.05) is 0 Å². The minimum atomic E-state index is 0. The molecule has 0 atom stereocenters. The molecule has 0 heterocycles. The van der Waals surface area contributed by atoms with E-state index < -0.39 is 0 Å². The summed E-state index contributed by atoms with van der Waals surface area (Å²) < 4.78 is 0. The van der Waals surface area contributed by atoms with Gasteiger partial charge in [-0.1, -0.05) is 0 Å². The summed E-state index contributed by atoms with van der Waals surface area (Å²) in [4.78, 5) is 0. The van der Waals surface area contributed by atoms with Crippen molar-refractivity contribution < 1.29 is 0 Å².